The van der Waals surface area contributed by atoms with Gasteiger partial charge in [-0.05, 0) is 38.0 Å². The molecule has 0 N–H and O–H groups in total. The summed E-state index contributed by atoms with van der Waals surface area (Å²) in [6.45, 7) is 2.59. The fraction of sp³-hybridized carbons (Fsp3) is 0.368. The minimum Gasteiger partial charge on any atom is -0.497 e. The van der Waals surface area contributed by atoms with Crippen molar-refractivity contribution in [3.8, 4) is 5.75 Å². The second kappa shape index (κ2) is 5.95. The van der Waals surface area contributed by atoms with Crippen LogP contribution in [0.4, 0.5) is 0 Å². The maximum atomic E-state index is 13.3. The molecule has 130 valence electrons. The SMILES string of the molecule is COc1ccc2oc(C)c(C(=O)N3CCC[C@H]3c3cnn(C)c3)c2c1. The molecule has 1 aliphatic rings. The number of ether oxygens (including phenoxy) is 1. The van der Waals surface area contributed by atoms with Gasteiger partial charge in [0.25, 0.3) is 5.91 Å². The van der Waals surface area contributed by atoms with Crippen LogP contribution in [0, 0.1) is 6.92 Å². The van der Waals surface area contributed by atoms with Crippen molar-refractivity contribution in [2.24, 2.45) is 7.05 Å². The van der Waals surface area contributed by atoms with E-state index in [9.17, 15) is 4.79 Å². The summed E-state index contributed by atoms with van der Waals surface area (Å²) in [6.07, 6.45) is 5.78. The first kappa shape index (κ1) is 15.7. The van der Waals surface area contributed by atoms with E-state index in [1.54, 1.807) is 11.8 Å². The molecule has 0 aliphatic carbocycles. The number of aromatic nitrogens is 2. The number of aryl methyl sites for hydroxylation is 2. The lowest BCUT2D eigenvalue weighted by Crippen LogP contribution is -2.30. The van der Waals surface area contributed by atoms with Crippen molar-refractivity contribution in [2.45, 2.75) is 25.8 Å². The number of amides is 1. The Balaban J connectivity index is 1.75. The van der Waals surface area contributed by atoms with Crippen LogP contribution in [0.5, 0.6) is 5.75 Å². The lowest BCUT2D eigenvalue weighted by Gasteiger charge is -2.24. The standard InChI is InChI=1S/C19H21N3O3/c1-12-18(15-9-14(24-3)6-7-17(15)25-12)19(23)22-8-4-5-16(22)13-10-20-21(2)11-13/h6-7,9-11,16H,4-5,8H2,1-3H3/t16-/m0/s1. The van der Waals surface area contributed by atoms with Crippen molar-refractivity contribution in [2.75, 3.05) is 13.7 Å². The number of benzene rings is 1. The highest BCUT2D eigenvalue weighted by Crippen LogP contribution is 2.36. The molecule has 3 aromatic rings. The van der Waals surface area contributed by atoms with E-state index < -0.39 is 0 Å². The molecule has 1 amide bonds. The maximum absolute atomic E-state index is 13.3. The van der Waals surface area contributed by atoms with Crippen molar-refractivity contribution in [3.63, 3.8) is 0 Å². The fourth-order valence-corrected chi connectivity index (χ4v) is 3.70. The zero-order valence-electron chi connectivity index (χ0n) is 14.7. The number of carbonyl (C=O) groups is 1. The normalized spacial score (nSPS) is 17.4. The number of hydrogen-bond acceptors (Lipinski definition) is 4. The van der Waals surface area contributed by atoms with Crippen LogP contribution in [0.3, 0.4) is 0 Å². The molecule has 1 atom stereocenters. The maximum Gasteiger partial charge on any atom is 0.258 e. The van der Waals surface area contributed by atoms with Gasteiger partial charge in [0, 0.05) is 30.7 Å². The highest BCUT2D eigenvalue weighted by molar-refractivity contribution is 6.07. The average Bonchev–Trinajstić information content (AvgIpc) is 3.30. The zero-order chi connectivity index (χ0) is 17.6. The van der Waals surface area contributed by atoms with Gasteiger partial charge in [0.2, 0.25) is 0 Å². The summed E-state index contributed by atoms with van der Waals surface area (Å²) in [5.74, 6) is 1.37. The summed E-state index contributed by atoms with van der Waals surface area (Å²) in [6, 6.07) is 5.62. The smallest absolute Gasteiger partial charge is 0.258 e. The van der Waals surface area contributed by atoms with Crippen LogP contribution in [-0.2, 0) is 7.05 Å². The quantitative estimate of drug-likeness (QED) is 0.733. The number of nitrogens with zero attached hydrogens (tertiary/aromatic N) is 3. The molecule has 3 heterocycles. The average molecular weight is 339 g/mol. The van der Waals surface area contributed by atoms with Crippen LogP contribution in [0.15, 0.2) is 35.0 Å². The van der Waals surface area contributed by atoms with Crippen molar-refractivity contribution in [1.82, 2.24) is 14.7 Å². The third kappa shape index (κ3) is 2.58. The molecule has 1 aliphatic heterocycles. The van der Waals surface area contributed by atoms with Crippen LogP contribution in [-0.4, -0.2) is 34.2 Å². The number of furan rings is 1. The molecule has 0 bridgehead atoms. The van der Waals surface area contributed by atoms with Crippen molar-refractivity contribution < 1.29 is 13.9 Å². The summed E-state index contributed by atoms with van der Waals surface area (Å²) in [7, 11) is 3.51. The molecule has 25 heavy (non-hydrogen) atoms. The van der Waals surface area contributed by atoms with Gasteiger partial charge in [-0.3, -0.25) is 9.48 Å². The molecule has 1 saturated heterocycles. The molecule has 0 radical (unpaired) electrons. The van der Waals surface area contributed by atoms with E-state index in [1.165, 1.54) is 0 Å². The largest absolute Gasteiger partial charge is 0.497 e. The van der Waals surface area contributed by atoms with E-state index >= 15 is 0 Å². The van der Waals surface area contributed by atoms with Crippen LogP contribution in [0.1, 0.15) is 40.6 Å². The van der Waals surface area contributed by atoms with Gasteiger partial charge < -0.3 is 14.1 Å². The third-order valence-corrected chi connectivity index (χ3v) is 4.91. The van der Waals surface area contributed by atoms with E-state index in [2.05, 4.69) is 5.10 Å². The zero-order valence-corrected chi connectivity index (χ0v) is 14.7. The van der Waals surface area contributed by atoms with Gasteiger partial charge in [0.1, 0.15) is 17.1 Å². The van der Waals surface area contributed by atoms with Gasteiger partial charge in [-0.2, -0.15) is 5.10 Å². The van der Waals surface area contributed by atoms with Crippen molar-refractivity contribution in [3.05, 3.63) is 47.5 Å². The Hall–Kier alpha value is -2.76. The Morgan fingerprint density at radius 3 is 2.96 bits per heavy atom. The molecule has 6 heteroatoms. The Kier molecular flexibility index (Phi) is 3.75. The van der Waals surface area contributed by atoms with Crippen LogP contribution in [0.2, 0.25) is 0 Å². The molecule has 6 nitrogen and oxygen atoms in total. The Labute approximate surface area is 146 Å². The molecule has 0 spiro atoms. The third-order valence-electron chi connectivity index (χ3n) is 4.91. The van der Waals surface area contributed by atoms with Gasteiger partial charge in [-0.25, -0.2) is 0 Å². The summed E-state index contributed by atoms with van der Waals surface area (Å²) >= 11 is 0. The van der Waals surface area contributed by atoms with Crippen LogP contribution in [0.25, 0.3) is 11.0 Å². The number of rotatable bonds is 3. The second-order valence-corrected chi connectivity index (χ2v) is 6.50. The van der Waals surface area contributed by atoms with Gasteiger partial charge >= 0.3 is 0 Å². The first-order chi connectivity index (χ1) is 12.1. The minimum atomic E-state index is 0.0101. The second-order valence-electron chi connectivity index (χ2n) is 6.50. The van der Waals surface area contributed by atoms with Gasteiger partial charge in [-0.1, -0.05) is 0 Å². The molecule has 0 saturated carbocycles. The van der Waals surface area contributed by atoms with E-state index in [0.29, 0.717) is 22.7 Å². The topological polar surface area (TPSA) is 60.5 Å². The lowest BCUT2D eigenvalue weighted by atomic mass is 10.1. The molecular weight excluding hydrogens is 318 g/mol. The van der Waals surface area contributed by atoms with Gasteiger partial charge in [0.05, 0.1) is 24.9 Å². The Morgan fingerprint density at radius 1 is 1.40 bits per heavy atom. The number of hydrogen-bond donors (Lipinski definition) is 0. The molecular formula is C19H21N3O3. The fourth-order valence-electron chi connectivity index (χ4n) is 3.70. The number of carbonyl (C=O) groups excluding carboxylic acids is 1. The first-order valence-corrected chi connectivity index (χ1v) is 8.45. The number of fused-ring (bicyclic) bond motifs is 1. The van der Waals surface area contributed by atoms with Crippen molar-refractivity contribution in [1.29, 1.82) is 0 Å². The summed E-state index contributed by atoms with van der Waals surface area (Å²) in [5.41, 5.74) is 2.42. The molecule has 1 aromatic carbocycles. The first-order valence-electron chi connectivity index (χ1n) is 8.45. The van der Waals surface area contributed by atoms with E-state index in [4.69, 9.17) is 9.15 Å². The lowest BCUT2D eigenvalue weighted by molar-refractivity contribution is 0.0735. The predicted molar refractivity (Wildman–Crippen MR) is 93.7 cm³/mol. The summed E-state index contributed by atoms with van der Waals surface area (Å²) in [5, 5.41) is 5.06. The Bertz CT molecular complexity index is 941. The van der Waals surface area contributed by atoms with E-state index in [1.807, 2.05) is 49.5 Å². The van der Waals surface area contributed by atoms with Crippen molar-refractivity contribution >= 4 is 16.9 Å². The highest BCUT2D eigenvalue weighted by Gasteiger charge is 2.33. The molecule has 4 rings (SSSR count). The van der Waals surface area contributed by atoms with Gasteiger partial charge in [0.15, 0.2) is 0 Å². The van der Waals surface area contributed by atoms with Crippen LogP contribution >= 0.6 is 0 Å². The molecule has 0 unspecified atom stereocenters. The minimum absolute atomic E-state index is 0.0101. The van der Waals surface area contributed by atoms with E-state index in [0.717, 1.165) is 30.3 Å². The highest BCUT2D eigenvalue weighted by atomic mass is 16.5. The number of likely N-dealkylation sites (tertiary alicyclic amines) is 1. The Morgan fingerprint density at radius 2 is 2.24 bits per heavy atom. The van der Waals surface area contributed by atoms with Gasteiger partial charge in [-0.15, -0.1) is 0 Å². The van der Waals surface area contributed by atoms with Crippen LogP contribution < -0.4 is 4.74 Å². The summed E-state index contributed by atoms with van der Waals surface area (Å²) in [4.78, 5) is 15.3. The summed E-state index contributed by atoms with van der Waals surface area (Å²) < 4.78 is 12.9. The molecule has 1 fully saturated rings. The number of methoxy groups -OCH3 is 1. The monoisotopic (exact) mass is 339 g/mol. The predicted octanol–water partition coefficient (Wildman–Crippen LogP) is 3.46. The van der Waals surface area contributed by atoms with E-state index in [-0.39, 0.29) is 11.9 Å². The molecule has 2 aromatic heterocycles.